The zero-order valence-electron chi connectivity index (χ0n) is 14.2. The molecule has 2 aromatic rings. The van der Waals surface area contributed by atoms with Crippen molar-refractivity contribution in [1.82, 2.24) is 9.88 Å². The number of hydrogen-bond donors (Lipinski definition) is 1. The van der Waals surface area contributed by atoms with Crippen LogP contribution in [-0.2, 0) is 0 Å². The number of methoxy groups -OCH3 is 2. The number of rotatable bonds is 5. The zero-order valence-corrected chi connectivity index (χ0v) is 15.0. The lowest BCUT2D eigenvalue weighted by molar-refractivity contribution is 0.0831. The van der Waals surface area contributed by atoms with E-state index in [4.69, 9.17) is 9.47 Å². The fraction of sp³-hybridized carbons (Fsp3) is 0.312. The van der Waals surface area contributed by atoms with Crippen LogP contribution in [0.2, 0.25) is 0 Å². The number of nitrogens with zero attached hydrogens (tertiary/aromatic N) is 2. The average Bonchev–Trinajstić information content (AvgIpc) is 2.93. The highest BCUT2D eigenvalue weighted by Crippen LogP contribution is 2.32. The molecule has 0 atom stereocenters. The van der Waals surface area contributed by atoms with Crippen molar-refractivity contribution in [1.29, 1.82) is 0 Å². The third-order valence-corrected chi connectivity index (χ3v) is 4.33. The van der Waals surface area contributed by atoms with Crippen LogP contribution in [0.25, 0.3) is 0 Å². The molecule has 8 heteroatoms. The van der Waals surface area contributed by atoms with Gasteiger partial charge in [-0.05, 0) is 19.1 Å². The van der Waals surface area contributed by atoms with Crippen LogP contribution in [0.4, 0.5) is 5.13 Å². The Labute approximate surface area is 144 Å². The Balaban J connectivity index is 2.28. The maximum Gasteiger partial charge on any atom is 0.265 e. The van der Waals surface area contributed by atoms with E-state index in [1.165, 1.54) is 19.1 Å². The fourth-order valence-corrected chi connectivity index (χ4v) is 3.06. The number of aryl methyl sites for hydroxylation is 1. The fourth-order valence-electron chi connectivity index (χ4n) is 2.08. The molecule has 0 radical (unpaired) electrons. The molecule has 1 aromatic heterocycles. The van der Waals surface area contributed by atoms with Gasteiger partial charge in [-0.25, -0.2) is 4.98 Å². The van der Waals surface area contributed by atoms with Gasteiger partial charge in [0.15, 0.2) is 16.6 Å². The number of nitrogens with one attached hydrogen (secondary N) is 1. The predicted molar refractivity (Wildman–Crippen MR) is 92.4 cm³/mol. The van der Waals surface area contributed by atoms with Gasteiger partial charge in [0.25, 0.3) is 11.8 Å². The number of carbonyl (C=O) groups is 2. The Hall–Kier alpha value is -2.61. The van der Waals surface area contributed by atoms with Crippen LogP contribution in [-0.4, -0.2) is 50.0 Å². The summed E-state index contributed by atoms with van der Waals surface area (Å²) >= 11 is 1.14. The van der Waals surface area contributed by atoms with Crippen molar-refractivity contribution >= 4 is 28.3 Å². The predicted octanol–water partition coefficient (Wildman–Crippen LogP) is 2.42. The molecule has 0 fully saturated rings. The summed E-state index contributed by atoms with van der Waals surface area (Å²) in [5.41, 5.74) is 0.900. The van der Waals surface area contributed by atoms with Crippen LogP contribution in [0.15, 0.2) is 18.2 Å². The molecule has 0 aliphatic heterocycles. The summed E-state index contributed by atoms with van der Waals surface area (Å²) in [4.78, 5) is 30.8. The van der Waals surface area contributed by atoms with Gasteiger partial charge in [-0.2, -0.15) is 0 Å². The number of para-hydroxylation sites is 1. The number of hydrogen-bond acceptors (Lipinski definition) is 6. The molecule has 24 heavy (non-hydrogen) atoms. The van der Waals surface area contributed by atoms with Crippen LogP contribution < -0.4 is 14.8 Å². The van der Waals surface area contributed by atoms with Gasteiger partial charge in [-0.15, -0.1) is 0 Å². The highest BCUT2D eigenvalue weighted by Gasteiger charge is 2.21. The van der Waals surface area contributed by atoms with E-state index in [2.05, 4.69) is 10.3 Å². The Morgan fingerprint density at radius 3 is 2.50 bits per heavy atom. The van der Waals surface area contributed by atoms with E-state index in [9.17, 15) is 9.59 Å². The van der Waals surface area contributed by atoms with E-state index in [-0.39, 0.29) is 11.8 Å². The molecule has 2 rings (SSSR count). The van der Waals surface area contributed by atoms with Gasteiger partial charge in [0, 0.05) is 14.1 Å². The first-order valence-electron chi connectivity index (χ1n) is 7.10. The maximum atomic E-state index is 12.5. The minimum atomic E-state index is -0.386. The largest absolute Gasteiger partial charge is 0.493 e. The van der Waals surface area contributed by atoms with Crippen molar-refractivity contribution < 1.29 is 19.1 Å². The lowest BCUT2D eigenvalue weighted by Gasteiger charge is -2.11. The standard InChI is InChI=1S/C16H19N3O4S/c1-9-13(15(21)19(2)3)24-16(17-9)18-14(20)10-7-6-8-11(22-4)12(10)23-5/h6-8H,1-5H3,(H,17,18,20). The quantitative estimate of drug-likeness (QED) is 0.897. The minimum Gasteiger partial charge on any atom is -0.493 e. The van der Waals surface area contributed by atoms with E-state index >= 15 is 0 Å². The van der Waals surface area contributed by atoms with E-state index in [0.717, 1.165) is 11.3 Å². The molecule has 0 bridgehead atoms. The molecule has 1 aromatic carbocycles. The SMILES string of the molecule is COc1cccc(C(=O)Nc2nc(C)c(C(=O)N(C)C)s2)c1OC. The highest BCUT2D eigenvalue weighted by molar-refractivity contribution is 7.17. The first-order chi connectivity index (χ1) is 11.4. The van der Waals surface area contributed by atoms with Gasteiger partial charge >= 0.3 is 0 Å². The van der Waals surface area contributed by atoms with Crippen molar-refractivity contribution in [3.63, 3.8) is 0 Å². The van der Waals surface area contributed by atoms with Crippen molar-refractivity contribution in [2.75, 3.05) is 33.6 Å². The molecular weight excluding hydrogens is 330 g/mol. The molecule has 2 amide bonds. The van der Waals surface area contributed by atoms with E-state index in [1.807, 2.05) is 0 Å². The van der Waals surface area contributed by atoms with Crippen molar-refractivity contribution in [2.45, 2.75) is 6.92 Å². The Bertz CT molecular complexity index is 771. The van der Waals surface area contributed by atoms with Crippen molar-refractivity contribution in [2.24, 2.45) is 0 Å². The third-order valence-electron chi connectivity index (χ3n) is 3.27. The van der Waals surface area contributed by atoms with Crippen molar-refractivity contribution in [3.8, 4) is 11.5 Å². The topological polar surface area (TPSA) is 80.8 Å². The number of aromatic nitrogens is 1. The van der Waals surface area contributed by atoms with E-state index in [1.54, 1.807) is 39.2 Å². The smallest absolute Gasteiger partial charge is 0.265 e. The summed E-state index contributed by atoms with van der Waals surface area (Å²) in [5.74, 6) is 0.270. The summed E-state index contributed by atoms with van der Waals surface area (Å²) in [6, 6.07) is 5.03. The van der Waals surface area contributed by atoms with E-state index in [0.29, 0.717) is 32.8 Å². The summed E-state index contributed by atoms with van der Waals surface area (Å²) < 4.78 is 10.5. The number of thiazole rings is 1. The monoisotopic (exact) mass is 349 g/mol. The number of amides is 2. The lowest BCUT2D eigenvalue weighted by Crippen LogP contribution is -2.21. The first kappa shape index (κ1) is 17.7. The van der Waals surface area contributed by atoms with Gasteiger partial charge in [-0.3, -0.25) is 14.9 Å². The highest BCUT2D eigenvalue weighted by atomic mass is 32.1. The van der Waals surface area contributed by atoms with Gasteiger partial charge in [0.1, 0.15) is 4.88 Å². The van der Waals surface area contributed by atoms with Gasteiger partial charge in [0.05, 0.1) is 25.5 Å². The molecule has 0 unspecified atom stereocenters. The minimum absolute atomic E-state index is 0.149. The summed E-state index contributed by atoms with van der Waals surface area (Å²) in [5, 5.41) is 3.06. The number of benzene rings is 1. The molecule has 0 aliphatic carbocycles. The first-order valence-corrected chi connectivity index (χ1v) is 7.92. The van der Waals surface area contributed by atoms with Crippen LogP contribution in [0.1, 0.15) is 25.7 Å². The van der Waals surface area contributed by atoms with Crippen LogP contribution >= 0.6 is 11.3 Å². The summed E-state index contributed by atoms with van der Waals surface area (Å²) in [7, 11) is 6.31. The Morgan fingerprint density at radius 1 is 1.21 bits per heavy atom. The summed E-state index contributed by atoms with van der Waals surface area (Å²) in [6.07, 6.45) is 0. The second-order valence-electron chi connectivity index (χ2n) is 5.13. The normalized spacial score (nSPS) is 10.2. The number of ether oxygens (including phenoxy) is 2. The number of carbonyl (C=O) groups excluding carboxylic acids is 2. The summed E-state index contributed by atoms with van der Waals surface area (Å²) in [6.45, 7) is 1.73. The molecule has 0 saturated heterocycles. The molecule has 1 heterocycles. The lowest BCUT2D eigenvalue weighted by atomic mass is 10.1. The molecule has 0 spiro atoms. The zero-order chi connectivity index (χ0) is 17.9. The van der Waals surface area contributed by atoms with Crippen LogP contribution in [0, 0.1) is 6.92 Å². The molecule has 128 valence electrons. The second kappa shape index (κ2) is 7.31. The molecular formula is C16H19N3O4S. The van der Waals surface area contributed by atoms with Crippen molar-refractivity contribution in [3.05, 3.63) is 34.3 Å². The van der Waals surface area contributed by atoms with Gasteiger partial charge < -0.3 is 14.4 Å². The van der Waals surface area contributed by atoms with Crippen LogP contribution in [0.3, 0.4) is 0 Å². The second-order valence-corrected chi connectivity index (χ2v) is 6.13. The molecule has 0 aliphatic rings. The van der Waals surface area contributed by atoms with Crippen LogP contribution in [0.5, 0.6) is 11.5 Å². The number of anilines is 1. The average molecular weight is 349 g/mol. The third kappa shape index (κ3) is 3.48. The van der Waals surface area contributed by atoms with Gasteiger partial charge in [-0.1, -0.05) is 17.4 Å². The van der Waals surface area contributed by atoms with E-state index < -0.39 is 0 Å². The Kier molecular flexibility index (Phi) is 5.40. The molecule has 7 nitrogen and oxygen atoms in total. The Morgan fingerprint density at radius 2 is 1.92 bits per heavy atom. The maximum absolute atomic E-state index is 12.5. The molecule has 0 saturated carbocycles. The molecule has 1 N–H and O–H groups in total. The van der Waals surface area contributed by atoms with Gasteiger partial charge in [0.2, 0.25) is 0 Å².